The molecule has 0 fully saturated rings. The molecule has 104 valence electrons. The number of alkyl halides is 4. The van der Waals surface area contributed by atoms with Gasteiger partial charge in [0, 0.05) is 0 Å². The second-order valence-corrected chi connectivity index (χ2v) is 4.24. The number of benzene rings is 1. The van der Waals surface area contributed by atoms with Gasteiger partial charge in [-0.25, -0.2) is 13.5 Å². The summed E-state index contributed by atoms with van der Waals surface area (Å²) in [5.74, 6) is -0.335. The summed E-state index contributed by atoms with van der Waals surface area (Å²) in [5, 5.41) is 0. The predicted octanol–water partition coefficient (Wildman–Crippen LogP) is 3.54. The second-order valence-electron chi connectivity index (χ2n) is 4.24. The summed E-state index contributed by atoms with van der Waals surface area (Å²) >= 11 is 0. The summed E-state index contributed by atoms with van der Waals surface area (Å²) < 4.78 is 54.7. The third-order valence-electron chi connectivity index (χ3n) is 3.16. The number of para-hydroxylation sites is 2. The van der Waals surface area contributed by atoms with Crippen molar-refractivity contribution in [2.75, 3.05) is 0 Å². The zero-order valence-electron chi connectivity index (χ0n) is 10.7. The molecule has 2 rings (SSSR count). The van der Waals surface area contributed by atoms with Crippen molar-refractivity contribution in [1.29, 1.82) is 0 Å². The van der Waals surface area contributed by atoms with E-state index in [0.717, 1.165) is 0 Å². The van der Waals surface area contributed by atoms with Crippen LogP contribution in [0.5, 0.6) is 0 Å². The van der Waals surface area contributed by atoms with Crippen molar-refractivity contribution in [2.45, 2.75) is 39.3 Å². The predicted molar refractivity (Wildman–Crippen MR) is 63.4 cm³/mol. The average Bonchev–Trinajstić information content (AvgIpc) is 2.69. The summed E-state index contributed by atoms with van der Waals surface area (Å²) in [4.78, 5) is 0. The first kappa shape index (κ1) is 13.8. The molecular formula is C13H15F4N2+. The highest BCUT2D eigenvalue weighted by molar-refractivity contribution is 5.72. The molecule has 0 N–H and O–H groups in total. The van der Waals surface area contributed by atoms with Gasteiger partial charge in [-0.15, -0.1) is 0 Å². The molecule has 2 aromatic rings. The summed E-state index contributed by atoms with van der Waals surface area (Å²) in [6, 6.07) is 6.88. The smallest absolute Gasteiger partial charge is 0.225 e. The normalized spacial score (nSPS) is 14.0. The van der Waals surface area contributed by atoms with Crippen LogP contribution >= 0.6 is 0 Å². The van der Waals surface area contributed by atoms with Gasteiger partial charge in [-0.05, 0) is 26.0 Å². The monoisotopic (exact) mass is 275 g/mol. The van der Waals surface area contributed by atoms with Gasteiger partial charge in [0.05, 0.1) is 13.1 Å². The number of aromatic nitrogens is 2. The highest BCUT2D eigenvalue weighted by atomic mass is 19.4. The Morgan fingerprint density at radius 2 is 1.84 bits per heavy atom. The molecule has 0 radical (unpaired) electrons. The van der Waals surface area contributed by atoms with E-state index in [-0.39, 0.29) is 5.82 Å². The van der Waals surface area contributed by atoms with Crippen LogP contribution in [0.15, 0.2) is 24.3 Å². The summed E-state index contributed by atoms with van der Waals surface area (Å²) in [6.07, 6.45) is -7.86. The summed E-state index contributed by atoms with van der Waals surface area (Å²) in [6.45, 7) is 4.00. The number of fused-ring (bicyclic) bond motifs is 1. The van der Waals surface area contributed by atoms with E-state index >= 15 is 0 Å². The van der Waals surface area contributed by atoms with Gasteiger partial charge in [-0.3, -0.25) is 0 Å². The molecule has 1 heterocycles. The Morgan fingerprint density at radius 3 is 2.37 bits per heavy atom. The fourth-order valence-corrected chi connectivity index (χ4v) is 2.40. The first-order valence-corrected chi connectivity index (χ1v) is 6.13. The maximum absolute atomic E-state index is 13.8. The molecule has 2 nitrogen and oxygen atoms in total. The highest BCUT2D eigenvalue weighted by Gasteiger charge is 2.49. The topological polar surface area (TPSA) is 8.81 Å². The molecule has 0 aliphatic rings. The molecule has 19 heavy (non-hydrogen) atoms. The molecule has 1 unspecified atom stereocenters. The summed E-state index contributed by atoms with van der Waals surface area (Å²) in [7, 11) is 0. The van der Waals surface area contributed by atoms with E-state index in [2.05, 4.69) is 0 Å². The van der Waals surface area contributed by atoms with Crippen LogP contribution in [-0.2, 0) is 13.1 Å². The van der Waals surface area contributed by atoms with Crippen LogP contribution in [0.3, 0.4) is 0 Å². The molecule has 6 heteroatoms. The van der Waals surface area contributed by atoms with Crippen LogP contribution in [0.25, 0.3) is 11.0 Å². The Kier molecular flexibility index (Phi) is 3.52. The van der Waals surface area contributed by atoms with E-state index in [4.69, 9.17) is 0 Å². The van der Waals surface area contributed by atoms with Crippen molar-refractivity contribution >= 4 is 11.0 Å². The molecule has 1 aromatic heterocycles. The Labute approximate surface area is 108 Å². The largest absolute Gasteiger partial charge is 0.431 e. The van der Waals surface area contributed by atoms with Gasteiger partial charge < -0.3 is 0 Å². The van der Waals surface area contributed by atoms with Crippen LogP contribution in [0.2, 0.25) is 0 Å². The van der Waals surface area contributed by atoms with Crippen LogP contribution in [0.1, 0.15) is 25.8 Å². The molecule has 0 spiro atoms. The van der Waals surface area contributed by atoms with Crippen molar-refractivity contribution in [3.63, 3.8) is 0 Å². The van der Waals surface area contributed by atoms with E-state index < -0.39 is 12.3 Å². The number of imidazole rings is 1. The highest BCUT2D eigenvalue weighted by Crippen LogP contribution is 2.36. The van der Waals surface area contributed by atoms with Crippen molar-refractivity contribution in [2.24, 2.45) is 0 Å². The Morgan fingerprint density at radius 1 is 1.21 bits per heavy atom. The van der Waals surface area contributed by atoms with Gasteiger partial charge in [0.25, 0.3) is 6.17 Å². The molecule has 0 aliphatic heterocycles. The van der Waals surface area contributed by atoms with Crippen LogP contribution in [0.4, 0.5) is 17.6 Å². The standard InChI is InChI=1S/C13H15F4N2/c1-3-18-9-7-5-6-8-10(9)19(4-2)12(18)11(14)13(15,16)17/h5-8,11H,3-4H2,1-2H3/q+1. The SMILES string of the molecule is CCn1c(C(F)C(F)(F)F)[n+](CC)c2ccccc21. The zero-order chi connectivity index (χ0) is 14.2. The quantitative estimate of drug-likeness (QED) is 0.598. The molecule has 0 bridgehead atoms. The lowest BCUT2D eigenvalue weighted by Gasteiger charge is -2.11. The number of halogens is 4. The van der Waals surface area contributed by atoms with E-state index in [1.807, 2.05) is 0 Å². The number of nitrogens with zero attached hydrogens (tertiary/aromatic N) is 2. The number of aryl methyl sites for hydroxylation is 2. The molecule has 1 atom stereocenters. The third kappa shape index (κ3) is 2.19. The maximum Gasteiger partial charge on any atom is 0.431 e. The minimum absolute atomic E-state index is 0.291. The van der Waals surface area contributed by atoms with Gasteiger partial charge in [0.15, 0.2) is 11.0 Å². The number of hydrogen-bond acceptors (Lipinski definition) is 0. The van der Waals surface area contributed by atoms with E-state index in [0.29, 0.717) is 24.1 Å². The van der Waals surface area contributed by atoms with Crippen molar-refractivity contribution in [1.82, 2.24) is 4.57 Å². The summed E-state index contributed by atoms with van der Waals surface area (Å²) in [5.41, 5.74) is 1.24. The second kappa shape index (κ2) is 4.83. The first-order chi connectivity index (χ1) is 8.91. The van der Waals surface area contributed by atoms with Crippen molar-refractivity contribution in [3.05, 3.63) is 30.1 Å². The third-order valence-corrected chi connectivity index (χ3v) is 3.16. The molecule has 0 saturated heterocycles. The first-order valence-electron chi connectivity index (χ1n) is 6.13. The van der Waals surface area contributed by atoms with Crippen molar-refractivity contribution in [3.8, 4) is 0 Å². The Hall–Kier alpha value is -1.59. The lowest BCUT2D eigenvalue weighted by molar-refractivity contribution is -0.681. The molecule has 0 aliphatic carbocycles. The fourth-order valence-electron chi connectivity index (χ4n) is 2.40. The van der Waals surface area contributed by atoms with Gasteiger partial charge in [-0.2, -0.15) is 13.2 Å². The minimum Gasteiger partial charge on any atom is -0.225 e. The van der Waals surface area contributed by atoms with Crippen LogP contribution < -0.4 is 4.57 Å². The molecule has 1 aromatic carbocycles. The van der Waals surface area contributed by atoms with Gasteiger partial charge in [0.2, 0.25) is 0 Å². The maximum atomic E-state index is 13.8. The van der Waals surface area contributed by atoms with E-state index in [9.17, 15) is 17.6 Å². The van der Waals surface area contributed by atoms with Gasteiger partial charge in [-0.1, -0.05) is 12.1 Å². The Balaban J connectivity index is 2.78. The zero-order valence-corrected chi connectivity index (χ0v) is 10.7. The van der Waals surface area contributed by atoms with E-state index in [1.165, 1.54) is 9.13 Å². The number of hydrogen-bond donors (Lipinski definition) is 0. The molecular weight excluding hydrogens is 260 g/mol. The van der Waals surface area contributed by atoms with E-state index in [1.54, 1.807) is 38.1 Å². The lowest BCUT2D eigenvalue weighted by Crippen LogP contribution is -2.40. The number of rotatable bonds is 3. The van der Waals surface area contributed by atoms with Crippen LogP contribution in [-0.4, -0.2) is 10.7 Å². The van der Waals surface area contributed by atoms with Gasteiger partial charge in [0.1, 0.15) is 0 Å². The minimum atomic E-state index is -4.89. The lowest BCUT2D eigenvalue weighted by atomic mass is 10.3. The Bertz CT molecular complexity index is 545. The fraction of sp³-hybridized carbons (Fsp3) is 0.462. The van der Waals surface area contributed by atoms with Crippen LogP contribution in [0, 0.1) is 0 Å². The van der Waals surface area contributed by atoms with Crippen molar-refractivity contribution < 1.29 is 22.1 Å². The molecule has 0 amide bonds. The average molecular weight is 275 g/mol. The van der Waals surface area contributed by atoms with Gasteiger partial charge >= 0.3 is 12.0 Å². The molecule has 0 saturated carbocycles.